The van der Waals surface area contributed by atoms with Gasteiger partial charge in [-0.25, -0.2) is 0 Å². The lowest BCUT2D eigenvalue weighted by Gasteiger charge is -2.34. The quantitative estimate of drug-likeness (QED) is 0.931. The van der Waals surface area contributed by atoms with E-state index in [0.29, 0.717) is 12.5 Å². The Morgan fingerprint density at radius 2 is 2.20 bits per heavy atom. The maximum Gasteiger partial charge on any atom is 0.255 e. The van der Waals surface area contributed by atoms with Gasteiger partial charge >= 0.3 is 0 Å². The number of rotatable bonds is 4. The van der Waals surface area contributed by atoms with Gasteiger partial charge in [0, 0.05) is 36.7 Å². The molecule has 2 atom stereocenters. The Kier molecular flexibility index (Phi) is 5.23. The molecule has 2 aromatic heterocycles. The van der Waals surface area contributed by atoms with E-state index in [2.05, 4.69) is 9.55 Å². The van der Waals surface area contributed by atoms with Crippen LogP contribution in [0, 0.1) is 19.8 Å². The van der Waals surface area contributed by atoms with E-state index in [4.69, 9.17) is 5.73 Å². The van der Waals surface area contributed by atoms with Crippen molar-refractivity contribution >= 4 is 5.91 Å². The largest absolute Gasteiger partial charge is 0.342 e. The van der Waals surface area contributed by atoms with E-state index in [1.54, 1.807) is 6.20 Å². The molecule has 5 heteroatoms. The molecule has 1 amide bonds. The first-order valence-corrected chi connectivity index (χ1v) is 9.09. The van der Waals surface area contributed by atoms with Crippen LogP contribution in [0.25, 0.3) is 0 Å². The van der Waals surface area contributed by atoms with Crippen LogP contribution in [0.5, 0.6) is 0 Å². The molecule has 0 spiro atoms. The number of piperidine rings is 1. The molecule has 0 radical (unpaired) electrons. The molecule has 134 valence electrons. The summed E-state index contributed by atoms with van der Waals surface area (Å²) in [5.41, 5.74) is 9.97. The number of amides is 1. The van der Waals surface area contributed by atoms with Gasteiger partial charge in [-0.2, -0.15) is 0 Å². The highest BCUT2D eigenvalue weighted by Crippen LogP contribution is 2.23. The van der Waals surface area contributed by atoms with Crippen LogP contribution in [-0.2, 0) is 6.54 Å². The number of nitrogens with zero attached hydrogens (tertiary/aromatic N) is 3. The Hall–Kier alpha value is -2.14. The third-order valence-corrected chi connectivity index (χ3v) is 5.34. The fraction of sp³-hybridized carbons (Fsp3) is 0.500. The van der Waals surface area contributed by atoms with Crippen LogP contribution in [0.15, 0.2) is 30.5 Å². The summed E-state index contributed by atoms with van der Waals surface area (Å²) in [7, 11) is 0. The summed E-state index contributed by atoms with van der Waals surface area (Å²) in [4.78, 5) is 19.4. The molecule has 3 rings (SSSR count). The summed E-state index contributed by atoms with van der Waals surface area (Å²) in [5.74, 6) is 0.528. The maximum absolute atomic E-state index is 13.1. The molecule has 5 nitrogen and oxygen atoms in total. The molecule has 2 aromatic rings. The SMILES string of the molecule is Cc1cc(C(=O)N2CCCC(C(C)N)C2)c(C)n1Cc1ccccn1. The third-order valence-electron chi connectivity index (χ3n) is 5.34. The molecular formula is C20H28N4O. The number of likely N-dealkylation sites (tertiary alicyclic amines) is 1. The molecule has 2 unspecified atom stereocenters. The van der Waals surface area contributed by atoms with E-state index >= 15 is 0 Å². The van der Waals surface area contributed by atoms with Gasteiger partial charge < -0.3 is 15.2 Å². The first kappa shape index (κ1) is 17.7. The molecule has 0 aliphatic carbocycles. The van der Waals surface area contributed by atoms with Crippen LogP contribution >= 0.6 is 0 Å². The Morgan fingerprint density at radius 3 is 2.88 bits per heavy atom. The van der Waals surface area contributed by atoms with E-state index in [0.717, 1.165) is 48.6 Å². The Balaban J connectivity index is 1.81. The zero-order valence-electron chi connectivity index (χ0n) is 15.4. The van der Waals surface area contributed by atoms with E-state index in [1.165, 1.54) is 0 Å². The number of aryl methyl sites for hydroxylation is 1. The minimum atomic E-state index is 0.130. The molecule has 2 N–H and O–H groups in total. The van der Waals surface area contributed by atoms with Gasteiger partial charge in [0.1, 0.15) is 0 Å². The minimum Gasteiger partial charge on any atom is -0.342 e. The number of aromatic nitrogens is 2. The second kappa shape index (κ2) is 7.40. The van der Waals surface area contributed by atoms with Gasteiger partial charge in [-0.05, 0) is 57.7 Å². The standard InChI is InChI=1S/C20H28N4O/c1-14-11-19(16(3)24(14)13-18-8-4-5-9-22-18)20(25)23-10-6-7-17(12-23)15(2)21/h4-5,8-9,11,15,17H,6-7,10,12-13,21H2,1-3H3. The van der Waals surface area contributed by atoms with E-state index in [1.807, 2.05) is 49.9 Å². The molecular weight excluding hydrogens is 312 g/mol. The smallest absolute Gasteiger partial charge is 0.255 e. The predicted octanol–water partition coefficient (Wildman–Crippen LogP) is 2.75. The maximum atomic E-state index is 13.1. The lowest BCUT2D eigenvalue weighted by atomic mass is 9.92. The summed E-state index contributed by atoms with van der Waals surface area (Å²) in [6, 6.07) is 8.06. The number of carbonyl (C=O) groups is 1. The van der Waals surface area contributed by atoms with Crippen molar-refractivity contribution in [2.45, 2.75) is 46.2 Å². The van der Waals surface area contributed by atoms with Gasteiger partial charge in [-0.15, -0.1) is 0 Å². The van der Waals surface area contributed by atoms with Crippen LogP contribution in [0.4, 0.5) is 0 Å². The zero-order chi connectivity index (χ0) is 18.0. The van der Waals surface area contributed by atoms with Crippen LogP contribution in [0.3, 0.4) is 0 Å². The van der Waals surface area contributed by atoms with Gasteiger partial charge in [0.05, 0.1) is 17.8 Å². The molecule has 1 aliphatic heterocycles. The van der Waals surface area contributed by atoms with Crippen molar-refractivity contribution in [3.05, 3.63) is 53.1 Å². The number of pyridine rings is 1. The lowest BCUT2D eigenvalue weighted by Crippen LogP contribution is -2.45. The van der Waals surface area contributed by atoms with Crippen LogP contribution in [-0.4, -0.2) is 39.5 Å². The summed E-state index contributed by atoms with van der Waals surface area (Å²) in [6.45, 7) is 8.39. The number of carbonyl (C=O) groups excluding carboxylic acids is 1. The highest BCUT2D eigenvalue weighted by molar-refractivity contribution is 5.95. The molecule has 0 aromatic carbocycles. The molecule has 1 saturated heterocycles. The van der Waals surface area contributed by atoms with Gasteiger partial charge in [0.2, 0.25) is 0 Å². The molecule has 0 bridgehead atoms. The molecule has 0 saturated carbocycles. The number of hydrogen-bond acceptors (Lipinski definition) is 3. The summed E-state index contributed by atoms with van der Waals surface area (Å²) >= 11 is 0. The summed E-state index contributed by atoms with van der Waals surface area (Å²) < 4.78 is 2.17. The molecule has 3 heterocycles. The topological polar surface area (TPSA) is 64.2 Å². The third kappa shape index (κ3) is 3.76. The Labute approximate surface area is 149 Å². The van der Waals surface area contributed by atoms with Crippen molar-refractivity contribution in [2.75, 3.05) is 13.1 Å². The van der Waals surface area contributed by atoms with E-state index in [-0.39, 0.29) is 11.9 Å². The van der Waals surface area contributed by atoms with E-state index in [9.17, 15) is 4.79 Å². The molecule has 1 fully saturated rings. The van der Waals surface area contributed by atoms with E-state index < -0.39 is 0 Å². The zero-order valence-corrected chi connectivity index (χ0v) is 15.4. The first-order valence-electron chi connectivity index (χ1n) is 9.09. The van der Waals surface area contributed by atoms with Gasteiger partial charge in [0.15, 0.2) is 0 Å². The average Bonchev–Trinajstić information content (AvgIpc) is 2.90. The van der Waals surface area contributed by atoms with Gasteiger partial charge in [-0.3, -0.25) is 9.78 Å². The Bertz CT molecular complexity index is 736. The van der Waals surface area contributed by atoms with Crippen molar-refractivity contribution in [1.82, 2.24) is 14.5 Å². The van der Waals surface area contributed by atoms with Crippen molar-refractivity contribution in [2.24, 2.45) is 11.7 Å². The second-order valence-corrected chi connectivity index (χ2v) is 7.20. The van der Waals surface area contributed by atoms with Crippen molar-refractivity contribution in [1.29, 1.82) is 0 Å². The fourth-order valence-corrected chi connectivity index (χ4v) is 3.71. The number of hydrogen-bond donors (Lipinski definition) is 1. The summed E-state index contributed by atoms with van der Waals surface area (Å²) in [6.07, 6.45) is 3.95. The van der Waals surface area contributed by atoms with Crippen LogP contribution in [0.1, 0.15) is 47.2 Å². The van der Waals surface area contributed by atoms with Crippen LogP contribution in [0.2, 0.25) is 0 Å². The predicted molar refractivity (Wildman–Crippen MR) is 99.5 cm³/mol. The van der Waals surface area contributed by atoms with Crippen LogP contribution < -0.4 is 5.73 Å². The highest BCUT2D eigenvalue weighted by atomic mass is 16.2. The van der Waals surface area contributed by atoms with Gasteiger partial charge in [0.25, 0.3) is 5.91 Å². The lowest BCUT2D eigenvalue weighted by molar-refractivity contribution is 0.0660. The second-order valence-electron chi connectivity index (χ2n) is 7.20. The molecule has 1 aliphatic rings. The fourth-order valence-electron chi connectivity index (χ4n) is 3.71. The monoisotopic (exact) mass is 340 g/mol. The van der Waals surface area contributed by atoms with Gasteiger partial charge in [-0.1, -0.05) is 6.07 Å². The van der Waals surface area contributed by atoms with Crippen molar-refractivity contribution < 1.29 is 4.79 Å². The summed E-state index contributed by atoms with van der Waals surface area (Å²) in [5, 5.41) is 0. The molecule has 25 heavy (non-hydrogen) atoms. The van der Waals surface area contributed by atoms with Crippen molar-refractivity contribution in [3.63, 3.8) is 0 Å². The normalized spacial score (nSPS) is 19.0. The average molecular weight is 340 g/mol. The Morgan fingerprint density at radius 1 is 1.40 bits per heavy atom. The number of nitrogens with two attached hydrogens (primary N) is 1. The highest BCUT2D eigenvalue weighted by Gasteiger charge is 2.28. The van der Waals surface area contributed by atoms with Crippen molar-refractivity contribution in [3.8, 4) is 0 Å². The first-order chi connectivity index (χ1) is 12.0. The minimum absolute atomic E-state index is 0.130.